The van der Waals surface area contributed by atoms with Crippen LogP contribution in [0.2, 0.25) is 0 Å². The molecule has 1 atom stereocenters. The van der Waals surface area contributed by atoms with Crippen molar-refractivity contribution in [1.29, 1.82) is 0 Å². The van der Waals surface area contributed by atoms with E-state index in [9.17, 15) is 5.11 Å². The van der Waals surface area contributed by atoms with E-state index in [-0.39, 0.29) is 0 Å². The molecule has 0 aromatic heterocycles. The first kappa shape index (κ1) is 14.2. The van der Waals surface area contributed by atoms with Crippen LogP contribution in [0.15, 0.2) is 12.1 Å². The monoisotopic (exact) mass is 261 g/mol. The maximum absolute atomic E-state index is 10.0. The molecule has 2 N–H and O–H groups in total. The molecule has 1 saturated carbocycles. The summed E-state index contributed by atoms with van der Waals surface area (Å²) in [6, 6.07) is 4.63. The van der Waals surface area contributed by atoms with Crippen LogP contribution in [0, 0.1) is 19.3 Å². The van der Waals surface area contributed by atoms with E-state index < -0.39 is 0 Å². The molecule has 1 aliphatic carbocycles. The van der Waals surface area contributed by atoms with Gasteiger partial charge >= 0.3 is 0 Å². The second kappa shape index (κ2) is 5.44. The molecule has 2 heteroatoms. The van der Waals surface area contributed by atoms with Crippen LogP contribution in [0.5, 0.6) is 5.75 Å². The molecule has 2 rings (SSSR count). The Hall–Kier alpha value is -1.18. The van der Waals surface area contributed by atoms with E-state index in [1.807, 2.05) is 19.9 Å². The van der Waals surface area contributed by atoms with Crippen molar-refractivity contribution in [2.45, 2.75) is 65.8 Å². The van der Waals surface area contributed by atoms with Gasteiger partial charge in [-0.15, -0.1) is 0 Å². The largest absolute Gasteiger partial charge is 0.507 e. The standard InChI is InChI=1S/C17H27NO/c1-12-7-8-15(13(2)16(12)19)18-14-6-5-10-17(3,4)11-9-14/h7-8,14,18-19H,5-6,9-11H2,1-4H3. The molecule has 0 saturated heterocycles. The molecule has 0 aliphatic heterocycles. The van der Waals surface area contributed by atoms with Crippen molar-refractivity contribution in [3.8, 4) is 5.75 Å². The van der Waals surface area contributed by atoms with Gasteiger partial charge < -0.3 is 10.4 Å². The van der Waals surface area contributed by atoms with E-state index in [1.165, 1.54) is 32.1 Å². The lowest BCUT2D eigenvalue weighted by atomic mass is 9.85. The quantitative estimate of drug-likeness (QED) is 0.751. The normalized spacial score (nSPS) is 22.8. The maximum atomic E-state index is 10.0. The van der Waals surface area contributed by atoms with Crippen LogP contribution >= 0.6 is 0 Å². The molecule has 1 unspecified atom stereocenters. The van der Waals surface area contributed by atoms with Crippen molar-refractivity contribution in [2.24, 2.45) is 5.41 Å². The molecule has 1 aromatic rings. The van der Waals surface area contributed by atoms with Crippen LogP contribution in [0.4, 0.5) is 5.69 Å². The van der Waals surface area contributed by atoms with Gasteiger partial charge in [-0.2, -0.15) is 0 Å². The molecule has 0 amide bonds. The Bertz CT molecular complexity index is 451. The molecule has 19 heavy (non-hydrogen) atoms. The zero-order chi connectivity index (χ0) is 14.0. The van der Waals surface area contributed by atoms with Gasteiger partial charge in [0.25, 0.3) is 0 Å². The predicted molar refractivity (Wildman–Crippen MR) is 81.9 cm³/mol. The number of aryl methyl sites for hydroxylation is 1. The third kappa shape index (κ3) is 3.43. The average molecular weight is 261 g/mol. The van der Waals surface area contributed by atoms with E-state index in [2.05, 4.69) is 25.2 Å². The Balaban J connectivity index is 2.07. The molecule has 1 aromatic carbocycles. The van der Waals surface area contributed by atoms with Gasteiger partial charge in [0, 0.05) is 17.3 Å². The summed E-state index contributed by atoms with van der Waals surface area (Å²) >= 11 is 0. The summed E-state index contributed by atoms with van der Waals surface area (Å²) in [5, 5.41) is 13.7. The number of anilines is 1. The van der Waals surface area contributed by atoms with E-state index >= 15 is 0 Å². The molecule has 2 nitrogen and oxygen atoms in total. The smallest absolute Gasteiger partial charge is 0.123 e. The minimum atomic E-state index is 0.430. The van der Waals surface area contributed by atoms with E-state index in [4.69, 9.17) is 0 Å². The number of benzene rings is 1. The van der Waals surface area contributed by atoms with Crippen molar-refractivity contribution in [2.75, 3.05) is 5.32 Å². The fourth-order valence-corrected chi connectivity index (χ4v) is 3.02. The minimum Gasteiger partial charge on any atom is -0.507 e. The summed E-state index contributed by atoms with van der Waals surface area (Å²) < 4.78 is 0. The lowest BCUT2D eigenvalue weighted by Gasteiger charge is -2.23. The van der Waals surface area contributed by atoms with E-state index in [1.54, 1.807) is 0 Å². The number of aromatic hydroxyl groups is 1. The minimum absolute atomic E-state index is 0.430. The van der Waals surface area contributed by atoms with Gasteiger partial charge in [-0.3, -0.25) is 0 Å². The highest BCUT2D eigenvalue weighted by atomic mass is 16.3. The van der Waals surface area contributed by atoms with Crippen molar-refractivity contribution in [3.63, 3.8) is 0 Å². The molecule has 0 bridgehead atoms. The van der Waals surface area contributed by atoms with Crippen LogP contribution in [0.25, 0.3) is 0 Å². The first-order valence-corrected chi connectivity index (χ1v) is 7.45. The van der Waals surface area contributed by atoms with Gasteiger partial charge in [0.1, 0.15) is 5.75 Å². The Morgan fingerprint density at radius 1 is 1.16 bits per heavy atom. The molecule has 0 heterocycles. The molecular weight excluding hydrogens is 234 g/mol. The highest BCUT2D eigenvalue weighted by Gasteiger charge is 2.24. The summed E-state index contributed by atoms with van der Waals surface area (Å²) in [4.78, 5) is 0. The molecule has 1 fully saturated rings. The highest BCUT2D eigenvalue weighted by molar-refractivity contribution is 5.59. The van der Waals surface area contributed by atoms with Gasteiger partial charge in [0.2, 0.25) is 0 Å². The Morgan fingerprint density at radius 3 is 2.63 bits per heavy atom. The van der Waals surface area contributed by atoms with E-state index in [0.29, 0.717) is 17.2 Å². The fourth-order valence-electron chi connectivity index (χ4n) is 3.02. The van der Waals surface area contributed by atoms with Gasteiger partial charge in [-0.1, -0.05) is 26.3 Å². The van der Waals surface area contributed by atoms with Crippen molar-refractivity contribution in [1.82, 2.24) is 0 Å². The molecule has 0 radical (unpaired) electrons. The topological polar surface area (TPSA) is 32.3 Å². The summed E-state index contributed by atoms with van der Waals surface area (Å²) in [6.07, 6.45) is 6.35. The number of phenols is 1. The van der Waals surface area contributed by atoms with Crippen LogP contribution < -0.4 is 5.32 Å². The van der Waals surface area contributed by atoms with Crippen LogP contribution in [0.1, 0.15) is 57.1 Å². The third-order valence-corrected chi connectivity index (χ3v) is 4.57. The SMILES string of the molecule is Cc1ccc(NC2CCCC(C)(C)CC2)c(C)c1O. The molecule has 106 valence electrons. The fraction of sp³-hybridized carbons (Fsp3) is 0.647. The second-order valence-corrected chi connectivity index (χ2v) is 6.84. The molecule has 0 spiro atoms. The average Bonchev–Trinajstić information content (AvgIpc) is 2.52. The highest BCUT2D eigenvalue weighted by Crippen LogP contribution is 2.36. The van der Waals surface area contributed by atoms with Crippen molar-refractivity contribution < 1.29 is 5.11 Å². The summed E-state index contributed by atoms with van der Waals surface area (Å²) in [5.41, 5.74) is 3.50. The van der Waals surface area contributed by atoms with Gasteiger partial charge in [-0.05, 0) is 56.6 Å². The third-order valence-electron chi connectivity index (χ3n) is 4.57. The summed E-state index contributed by atoms with van der Waals surface area (Å²) in [6.45, 7) is 8.68. The zero-order valence-electron chi connectivity index (χ0n) is 12.7. The number of hydrogen-bond acceptors (Lipinski definition) is 2. The maximum Gasteiger partial charge on any atom is 0.123 e. The predicted octanol–water partition coefficient (Wildman–Crippen LogP) is 4.78. The lowest BCUT2D eigenvalue weighted by Crippen LogP contribution is -2.19. The van der Waals surface area contributed by atoms with E-state index in [0.717, 1.165) is 16.8 Å². The summed E-state index contributed by atoms with van der Waals surface area (Å²) in [7, 11) is 0. The molecular formula is C17H27NO. The van der Waals surface area contributed by atoms with Crippen LogP contribution in [0.3, 0.4) is 0 Å². The molecule has 1 aliphatic rings. The van der Waals surface area contributed by atoms with Crippen molar-refractivity contribution in [3.05, 3.63) is 23.3 Å². The number of rotatable bonds is 2. The number of hydrogen-bond donors (Lipinski definition) is 2. The zero-order valence-corrected chi connectivity index (χ0v) is 12.7. The Labute approximate surface area is 117 Å². The number of phenolic OH excluding ortho intramolecular Hbond substituents is 1. The summed E-state index contributed by atoms with van der Waals surface area (Å²) in [5.74, 6) is 0.430. The first-order chi connectivity index (χ1) is 8.89. The van der Waals surface area contributed by atoms with Crippen LogP contribution in [-0.2, 0) is 0 Å². The van der Waals surface area contributed by atoms with Gasteiger partial charge in [0.15, 0.2) is 0 Å². The van der Waals surface area contributed by atoms with Crippen molar-refractivity contribution >= 4 is 5.69 Å². The van der Waals surface area contributed by atoms with Gasteiger partial charge in [-0.25, -0.2) is 0 Å². The Morgan fingerprint density at radius 2 is 1.89 bits per heavy atom. The van der Waals surface area contributed by atoms with Crippen LogP contribution in [-0.4, -0.2) is 11.1 Å². The lowest BCUT2D eigenvalue weighted by molar-refractivity contribution is 0.313. The second-order valence-electron chi connectivity index (χ2n) is 6.84. The number of nitrogens with one attached hydrogen (secondary N) is 1. The van der Waals surface area contributed by atoms with Gasteiger partial charge in [0.05, 0.1) is 0 Å². The Kier molecular flexibility index (Phi) is 4.07. The first-order valence-electron chi connectivity index (χ1n) is 7.45.